The third-order valence-electron chi connectivity index (χ3n) is 5.80. The van der Waals surface area contributed by atoms with Crippen LogP contribution in [0.1, 0.15) is 13.8 Å². The summed E-state index contributed by atoms with van der Waals surface area (Å²) in [5.41, 5.74) is 1.12. The van der Waals surface area contributed by atoms with E-state index >= 15 is 0 Å². The van der Waals surface area contributed by atoms with Crippen molar-refractivity contribution in [1.82, 2.24) is 28.2 Å². The lowest BCUT2D eigenvalue weighted by Gasteiger charge is -2.18. The lowest BCUT2D eigenvalue weighted by molar-refractivity contribution is 0.445. The molecule has 0 aliphatic rings. The van der Waals surface area contributed by atoms with Crippen molar-refractivity contribution >= 4 is 50.1 Å². The van der Waals surface area contributed by atoms with E-state index < -0.39 is 10.0 Å². The summed E-state index contributed by atoms with van der Waals surface area (Å²) in [4.78, 5) is 26.8. The number of sulfonamides is 1. The molecule has 0 spiro atoms. The van der Waals surface area contributed by atoms with Crippen LogP contribution in [-0.2, 0) is 10.0 Å². The van der Waals surface area contributed by atoms with Crippen LogP contribution in [0.25, 0.3) is 22.5 Å². The van der Waals surface area contributed by atoms with Gasteiger partial charge in [-0.2, -0.15) is 9.29 Å². The van der Waals surface area contributed by atoms with Crippen LogP contribution in [0, 0.1) is 0 Å². The summed E-state index contributed by atoms with van der Waals surface area (Å²) in [6.45, 7) is 4.39. The van der Waals surface area contributed by atoms with E-state index in [0.29, 0.717) is 40.9 Å². The fourth-order valence-corrected chi connectivity index (χ4v) is 5.69. The number of rotatable bonds is 7. The Morgan fingerprint density at radius 3 is 2.44 bits per heavy atom. The van der Waals surface area contributed by atoms with Crippen molar-refractivity contribution in [3.63, 3.8) is 0 Å². The van der Waals surface area contributed by atoms with E-state index in [1.54, 1.807) is 67.0 Å². The van der Waals surface area contributed by atoms with Gasteiger partial charge in [0.1, 0.15) is 5.39 Å². The molecule has 12 heteroatoms. The molecule has 3 aromatic heterocycles. The topological polar surface area (TPSA) is 114 Å². The van der Waals surface area contributed by atoms with Crippen LogP contribution < -0.4 is 10.9 Å². The highest BCUT2D eigenvalue weighted by atomic mass is 35.5. The molecule has 10 nitrogen and oxygen atoms in total. The number of halogens is 1. The summed E-state index contributed by atoms with van der Waals surface area (Å²) in [6.07, 6.45) is 4.72. The van der Waals surface area contributed by atoms with E-state index in [1.165, 1.54) is 27.2 Å². The lowest BCUT2D eigenvalue weighted by atomic mass is 10.3. The molecule has 0 aliphatic heterocycles. The Hall–Kier alpha value is -3.80. The van der Waals surface area contributed by atoms with Gasteiger partial charge in [-0.05, 0) is 36.4 Å². The van der Waals surface area contributed by atoms with Gasteiger partial charge >= 0.3 is 0 Å². The van der Waals surface area contributed by atoms with Crippen molar-refractivity contribution in [2.24, 2.45) is 0 Å². The molecule has 1 N–H and O–H groups in total. The molecule has 0 unspecified atom stereocenters. The quantitative estimate of drug-likeness (QED) is 0.344. The van der Waals surface area contributed by atoms with Gasteiger partial charge < -0.3 is 5.32 Å². The van der Waals surface area contributed by atoms with Crippen molar-refractivity contribution in [3.05, 3.63) is 82.5 Å². The van der Waals surface area contributed by atoms with Gasteiger partial charge in [-0.1, -0.05) is 37.6 Å². The van der Waals surface area contributed by atoms with E-state index in [0.717, 1.165) is 0 Å². The summed E-state index contributed by atoms with van der Waals surface area (Å²) in [6, 6.07) is 13.4. The van der Waals surface area contributed by atoms with Crippen LogP contribution in [0.15, 0.2) is 76.8 Å². The molecule has 5 aromatic rings. The van der Waals surface area contributed by atoms with Gasteiger partial charge in [0.2, 0.25) is 21.7 Å². The fourth-order valence-electron chi connectivity index (χ4n) is 4.01. The average Bonchev–Trinajstić information content (AvgIpc) is 3.36. The summed E-state index contributed by atoms with van der Waals surface area (Å²) < 4.78 is 30.0. The van der Waals surface area contributed by atoms with E-state index in [2.05, 4.69) is 20.3 Å². The zero-order valence-electron chi connectivity index (χ0n) is 19.5. The molecule has 0 saturated carbocycles. The second kappa shape index (κ2) is 9.34. The number of para-hydroxylation sites is 1. The third kappa shape index (κ3) is 4.00. The van der Waals surface area contributed by atoms with Gasteiger partial charge in [-0.25, -0.2) is 23.0 Å². The molecular weight excluding hydrogens is 502 g/mol. The number of aromatic nitrogens is 5. The minimum atomic E-state index is -3.55. The highest BCUT2D eigenvalue weighted by Gasteiger charge is 2.21. The van der Waals surface area contributed by atoms with E-state index in [1.807, 2.05) is 0 Å². The van der Waals surface area contributed by atoms with Crippen molar-refractivity contribution in [2.45, 2.75) is 18.7 Å². The van der Waals surface area contributed by atoms with Crippen LogP contribution >= 0.6 is 11.6 Å². The molecule has 36 heavy (non-hydrogen) atoms. The zero-order valence-corrected chi connectivity index (χ0v) is 21.0. The molecule has 0 atom stereocenters. The summed E-state index contributed by atoms with van der Waals surface area (Å²) >= 11 is 6.36. The first-order valence-electron chi connectivity index (χ1n) is 11.2. The number of fused-ring (bicyclic) bond motifs is 3. The monoisotopic (exact) mass is 523 g/mol. The first kappa shape index (κ1) is 23.9. The highest BCUT2D eigenvalue weighted by molar-refractivity contribution is 7.89. The third-order valence-corrected chi connectivity index (χ3v) is 8.18. The van der Waals surface area contributed by atoms with E-state index in [-0.39, 0.29) is 21.8 Å². The van der Waals surface area contributed by atoms with Crippen molar-refractivity contribution < 1.29 is 8.42 Å². The molecule has 3 heterocycles. The maximum atomic E-state index is 13.4. The van der Waals surface area contributed by atoms with Crippen molar-refractivity contribution in [3.8, 4) is 5.69 Å². The number of hydrogen-bond acceptors (Lipinski definition) is 7. The molecule has 0 amide bonds. The Kier molecular flexibility index (Phi) is 6.20. The molecule has 0 aliphatic carbocycles. The Morgan fingerprint density at radius 1 is 1.03 bits per heavy atom. The Morgan fingerprint density at radius 2 is 1.75 bits per heavy atom. The normalized spacial score (nSPS) is 12.0. The predicted molar refractivity (Wildman–Crippen MR) is 139 cm³/mol. The minimum absolute atomic E-state index is 0.205. The number of imidazole rings is 1. The Labute approximate surface area is 211 Å². The minimum Gasteiger partial charge on any atom is -0.324 e. The molecule has 184 valence electrons. The van der Waals surface area contributed by atoms with Crippen LogP contribution in [0.4, 0.5) is 11.6 Å². The van der Waals surface area contributed by atoms with Crippen LogP contribution in [0.2, 0.25) is 5.02 Å². The first-order chi connectivity index (χ1) is 17.3. The smallest absolute Gasteiger partial charge is 0.270 e. The van der Waals surface area contributed by atoms with Gasteiger partial charge in [-0.3, -0.25) is 9.20 Å². The second-order valence-electron chi connectivity index (χ2n) is 7.86. The SMILES string of the molecule is CCN(CC)S(=O)(=O)c1ccc(Nc2ncc3c(=O)n(-c4ccccc4Cl)c4nccn4c3n2)cc1. The summed E-state index contributed by atoms with van der Waals surface area (Å²) in [7, 11) is -3.55. The molecule has 5 rings (SSSR count). The summed E-state index contributed by atoms with van der Waals surface area (Å²) in [5, 5.41) is 3.76. The van der Waals surface area contributed by atoms with E-state index in [9.17, 15) is 13.2 Å². The van der Waals surface area contributed by atoms with Gasteiger partial charge in [0, 0.05) is 37.4 Å². The van der Waals surface area contributed by atoms with Gasteiger partial charge in [0.15, 0.2) is 5.65 Å². The van der Waals surface area contributed by atoms with E-state index in [4.69, 9.17) is 11.6 Å². The molecule has 0 radical (unpaired) electrons. The first-order valence-corrected chi connectivity index (χ1v) is 13.0. The maximum absolute atomic E-state index is 13.4. The largest absolute Gasteiger partial charge is 0.324 e. The second-order valence-corrected chi connectivity index (χ2v) is 10.2. The number of nitrogens with zero attached hydrogens (tertiary/aromatic N) is 6. The average molecular weight is 524 g/mol. The molecule has 0 saturated heterocycles. The predicted octanol–water partition coefficient (Wildman–Crippen LogP) is 3.86. The number of benzene rings is 2. The van der Waals surface area contributed by atoms with Crippen molar-refractivity contribution in [1.29, 1.82) is 0 Å². The molecule has 0 fully saturated rings. The molecule has 2 aromatic carbocycles. The Balaban J connectivity index is 1.54. The van der Waals surface area contributed by atoms with Crippen molar-refractivity contribution in [2.75, 3.05) is 18.4 Å². The molecule has 0 bridgehead atoms. The van der Waals surface area contributed by atoms with Gasteiger partial charge in [0.25, 0.3) is 5.56 Å². The highest BCUT2D eigenvalue weighted by Crippen LogP contribution is 2.23. The lowest BCUT2D eigenvalue weighted by Crippen LogP contribution is -2.30. The number of nitrogens with one attached hydrogen (secondary N) is 1. The van der Waals surface area contributed by atoms with Gasteiger partial charge in [-0.15, -0.1) is 0 Å². The standard InChI is InChI=1S/C24H22ClN7O3S/c1-3-30(4-2)36(34,35)17-11-9-16(10-12-17)28-23-27-15-18-21(29-23)31-14-13-26-24(31)32(22(18)33)20-8-6-5-7-19(20)25/h5-15H,3-4H2,1-2H3,(H,27,28,29). The zero-order chi connectivity index (χ0) is 25.4. The number of hydrogen-bond donors (Lipinski definition) is 1. The van der Waals surface area contributed by atoms with Gasteiger partial charge in [0.05, 0.1) is 15.6 Å². The molecular formula is C24H22ClN7O3S. The number of anilines is 2. The summed E-state index contributed by atoms with van der Waals surface area (Å²) in [5.74, 6) is 0.600. The maximum Gasteiger partial charge on any atom is 0.270 e. The van der Waals surface area contributed by atoms with Crippen LogP contribution in [0.3, 0.4) is 0 Å². The van der Waals surface area contributed by atoms with Crippen LogP contribution in [-0.4, -0.2) is 49.7 Å². The fraction of sp³-hybridized carbons (Fsp3) is 0.167. The van der Waals surface area contributed by atoms with Crippen LogP contribution in [0.5, 0.6) is 0 Å². The Bertz CT molecular complexity index is 1740.